The minimum Gasteiger partial charge on any atom is -0.327 e. The number of hydrogen-bond donors (Lipinski definition) is 1. The van der Waals surface area contributed by atoms with Crippen LogP contribution in [0.25, 0.3) is 0 Å². The molecular weight excluding hydrogens is 206 g/mol. The van der Waals surface area contributed by atoms with Crippen LogP contribution in [0.1, 0.15) is 71.6 Å². The maximum Gasteiger partial charge on any atom is 0.00698 e. The van der Waals surface area contributed by atoms with E-state index < -0.39 is 0 Å². The first-order valence-electron chi connectivity index (χ1n) is 7.92. The van der Waals surface area contributed by atoms with Crippen molar-refractivity contribution in [3.05, 3.63) is 0 Å². The molecule has 100 valence electrons. The van der Waals surface area contributed by atoms with Gasteiger partial charge in [-0.3, -0.25) is 0 Å². The van der Waals surface area contributed by atoms with Crippen molar-refractivity contribution in [1.82, 2.24) is 0 Å². The van der Waals surface area contributed by atoms with Crippen molar-refractivity contribution in [3.8, 4) is 0 Å². The summed E-state index contributed by atoms with van der Waals surface area (Å²) < 4.78 is 0. The maximum absolute atomic E-state index is 6.45. The molecule has 0 aromatic heterocycles. The molecule has 0 aliphatic heterocycles. The van der Waals surface area contributed by atoms with Gasteiger partial charge in [0.1, 0.15) is 0 Å². The van der Waals surface area contributed by atoms with E-state index in [1.807, 2.05) is 0 Å². The first kappa shape index (κ1) is 13.4. The zero-order chi connectivity index (χ0) is 12.3. The fourth-order valence-electron chi connectivity index (χ4n) is 4.06. The van der Waals surface area contributed by atoms with Crippen molar-refractivity contribution in [1.29, 1.82) is 0 Å². The lowest BCUT2D eigenvalue weighted by Gasteiger charge is -2.34. The lowest BCUT2D eigenvalue weighted by atomic mass is 9.73. The van der Waals surface area contributed by atoms with Gasteiger partial charge >= 0.3 is 0 Å². The van der Waals surface area contributed by atoms with E-state index in [0.717, 1.165) is 23.7 Å². The van der Waals surface area contributed by atoms with Gasteiger partial charge in [0.25, 0.3) is 0 Å². The summed E-state index contributed by atoms with van der Waals surface area (Å²) in [6, 6.07) is 0.506. The third kappa shape index (κ3) is 3.71. The topological polar surface area (TPSA) is 26.0 Å². The minimum atomic E-state index is 0.506. The number of nitrogens with two attached hydrogens (primary N) is 1. The van der Waals surface area contributed by atoms with Crippen LogP contribution in [0.3, 0.4) is 0 Å². The molecule has 2 saturated carbocycles. The highest BCUT2D eigenvalue weighted by Crippen LogP contribution is 2.37. The van der Waals surface area contributed by atoms with Gasteiger partial charge in [0, 0.05) is 6.04 Å². The highest BCUT2D eigenvalue weighted by molar-refractivity contribution is 4.83. The zero-order valence-corrected chi connectivity index (χ0v) is 11.8. The molecule has 0 aromatic carbocycles. The molecule has 2 aliphatic carbocycles. The molecule has 2 rings (SSSR count). The summed E-state index contributed by atoms with van der Waals surface area (Å²) >= 11 is 0. The van der Waals surface area contributed by atoms with Crippen LogP contribution in [0.5, 0.6) is 0 Å². The summed E-state index contributed by atoms with van der Waals surface area (Å²) in [5.74, 6) is 3.66. The Hall–Kier alpha value is -0.0400. The molecule has 1 unspecified atom stereocenters. The minimum absolute atomic E-state index is 0.506. The summed E-state index contributed by atoms with van der Waals surface area (Å²) in [4.78, 5) is 0. The van der Waals surface area contributed by atoms with E-state index in [1.165, 1.54) is 57.8 Å². The molecule has 2 fully saturated rings. The molecule has 1 nitrogen and oxygen atoms in total. The van der Waals surface area contributed by atoms with Gasteiger partial charge in [0.15, 0.2) is 0 Å². The monoisotopic (exact) mass is 237 g/mol. The van der Waals surface area contributed by atoms with Gasteiger partial charge in [-0.05, 0) is 55.8 Å². The Balaban J connectivity index is 1.71. The summed E-state index contributed by atoms with van der Waals surface area (Å²) in [6.45, 7) is 4.76. The smallest absolute Gasteiger partial charge is 0.00698 e. The van der Waals surface area contributed by atoms with E-state index in [9.17, 15) is 0 Å². The van der Waals surface area contributed by atoms with Gasteiger partial charge in [-0.25, -0.2) is 0 Å². The van der Waals surface area contributed by atoms with Crippen LogP contribution < -0.4 is 5.73 Å². The molecule has 1 heteroatoms. The van der Waals surface area contributed by atoms with Crippen molar-refractivity contribution >= 4 is 0 Å². The van der Waals surface area contributed by atoms with Crippen molar-refractivity contribution in [3.63, 3.8) is 0 Å². The second-order valence-corrected chi connectivity index (χ2v) is 6.97. The van der Waals surface area contributed by atoms with Crippen LogP contribution in [0.2, 0.25) is 0 Å². The van der Waals surface area contributed by atoms with Crippen molar-refractivity contribution in [2.75, 3.05) is 0 Å². The van der Waals surface area contributed by atoms with Crippen molar-refractivity contribution in [2.24, 2.45) is 29.4 Å². The predicted molar refractivity (Wildman–Crippen MR) is 74.8 cm³/mol. The van der Waals surface area contributed by atoms with E-state index in [1.54, 1.807) is 0 Å². The first-order valence-corrected chi connectivity index (χ1v) is 7.92. The van der Waals surface area contributed by atoms with Gasteiger partial charge in [0.05, 0.1) is 0 Å². The third-order valence-corrected chi connectivity index (χ3v) is 5.45. The zero-order valence-electron chi connectivity index (χ0n) is 11.8. The van der Waals surface area contributed by atoms with Crippen LogP contribution in [0.15, 0.2) is 0 Å². The largest absolute Gasteiger partial charge is 0.327 e. The SMILES string of the molecule is CC(C)C1CCC(C(N)CC2CCCC2)CC1. The van der Waals surface area contributed by atoms with Crippen molar-refractivity contribution < 1.29 is 0 Å². The summed E-state index contributed by atoms with van der Waals surface area (Å²) in [5.41, 5.74) is 6.45. The Morgan fingerprint density at radius 2 is 1.41 bits per heavy atom. The second kappa shape index (κ2) is 6.22. The molecule has 0 radical (unpaired) electrons. The van der Waals surface area contributed by atoms with Crippen LogP contribution in [0, 0.1) is 23.7 Å². The van der Waals surface area contributed by atoms with E-state index in [4.69, 9.17) is 5.73 Å². The Bertz CT molecular complexity index is 210. The Labute approximate surface area is 108 Å². The molecule has 17 heavy (non-hydrogen) atoms. The quantitative estimate of drug-likeness (QED) is 0.772. The summed E-state index contributed by atoms with van der Waals surface area (Å²) in [5, 5.41) is 0. The highest BCUT2D eigenvalue weighted by Gasteiger charge is 2.28. The second-order valence-electron chi connectivity index (χ2n) is 6.97. The molecule has 0 aromatic rings. The van der Waals surface area contributed by atoms with Crippen LogP contribution >= 0.6 is 0 Å². The Kier molecular flexibility index (Phi) is 4.90. The molecule has 0 spiro atoms. The van der Waals surface area contributed by atoms with Gasteiger partial charge in [-0.1, -0.05) is 39.5 Å². The van der Waals surface area contributed by atoms with Crippen LogP contribution in [0.4, 0.5) is 0 Å². The van der Waals surface area contributed by atoms with E-state index in [-0.39, 0.29) is 0 Å². The highest BCUT2D eigenvalue weighted by atomic mass is 14.7. The molecule has 0 saturated heterocycles. The van der Waals surface area contributed by atoms with E-state index in [0.29, 0.717) is 6.04 Å². The van der Waals surface area contributed by atoms with Gasteiger partial charge in [-0.2, -0.15) is 0 Å². The molecule has 0 amide bonds. The maximum atomic E-state index is 6.45. The summed E-state index contributed by atoms with van der Waals surface area (Å²) in [7, 11) is 0. The van der Waals surface area contributed by atoms with E-state index in [2.05, 4.69) is 13.8 Å². The molecule has 2 N–H and O–H groups in total. The lowest BCUT2D eigenvalue weighted by molar-refractivity contribution is 0.191. The average molecular weight is 237 g/mol. The summed E-state index contributed by atoms with van der Waals surface area (Å²) in [6.07, 6.45) is 12.8. The third-order valence-electron chi connectivity index (χ3n) is 5.45. The lowest BCUT2D eigenvalue weighted by Crippen LogP contribution is -2.35. The molecule has 0 heterocycles. The fourth-order valence-corrected chi connectivity index (χ4v) is 4.06. The van der Waals surface area contributed by atoms with Crippen LogP contribution in [-0.4, -0.2) is 6.04 Å². The molecule has 0 bridgehead atoms. The van der Waals surface area contributed by atoms with Gasteiger partial charge in [0.2, 0.25) is 0 Å². The predicted octanol–water partition coefficient (Wildman–Crippen LogP) is 4.36. The average Bonchev–Trinajstić information content (AvgIpc) is 2.82. The molecular formula is C16H31N. The van der Waals surface area contributed by atoms with Gasteiger partial charge in [-0.15, -0.1) is 0 Å². The van der Waals surface area contributed by atoms with Crippen LogP contribution in [-0.2, 0) is 0 Å². The normalized spacial score (nSPS) is 33.2. The first-order chi connectivity index (χ1) is 8.16. The number of rotatable bonds is 4. The van der Waals surface area contributed by atoms with Crippen molar-refractivity contribution in [2.45, 2.75) is 77.7 Å². The Morgan fingerprint density at radius 3 is 1.94 bits per heavy atom. The van der Waals surface area contributed by atoms with E-state index >= 15 is 0 Å². The molecule has 1 atom stereocenters. The fraction of sp³-hybridized carbons (Fsp3) is 1.00. The van der Waals surface area contributed by atoms with Gasteiger partial charge < -0.3 is 5.73 Å². The standard InChI is InChI=1S/C16H31N/c1-12(2)14-7-9-15(10-8-14)16(17)11-13-5-3-4-6-13/h12-16H,3-11,17H2,1-2H3. The molecule has 2 aliphatic rings. The number of hydrogen-bond acceptors (Lipinski definition) is 1. The Morgan fingerprint density at radius 1 is 0.882 bits per heavy atom.